The van der Waals surface area contributed by atoms with Crippen molar-refractivity contribution in [1.29, 1.82) is 0 Å². The molecule has 0 aromatic heterocycles. The number of ether oxygens (including phenoxy) is 1. The molecule has 1 aromatic carbocycles. The minimum absolute atomic E-state index is 0.0597. The Kier molecular flexibility index (Phi) is 4.57. The Labute approximate surface area is 127 Å². The maximum atomic E-state index is 12.8. The maximum Gasteiger partial charge on any atom is 0.257 e. The zero-order valence-corrected chi connectivity index (χ0v) is 13.7. The highest BCUT2D eigenvalue weighted by Crippen LogP contribution is 2.35. The molecule has 1 aliphatic heterocycles. The zero-order valence-electron chi connectivity index (χ0n) is 13.7. The van der Waals surface area contributed by atoms with Crippen LogP contribution in [0.5, 0.6) is 5.75 Å². The lowest BCUT2D eigenvalue weighted by molar-refractivity contribution is 0.0732. The summed E-state index contributed by atoms with van der Waals surface area (Å²) in [4.78, 5) is 14.7. The van der Waals surface area contributed by atoms with Crippen molar-refractivity contribution in [3.8, 4) is 5.75 Å². The molecule has 0 bridgehead atoms. The number of aryl methyl sites for hydroxylation is 1. The standard InChI is InChI=1S/C17H26N2O2/c1-12-10-13(16(20)19-8-6-18-7-9-19)15(21-5)14(11-12)17(2,3)4/h10-11,18H,6-9H2,1-5H3. The van der Waals surface area contributed by atoms with Gasteiger partial charge in [-0.3, -0.25) is 4.79 Å². The van der Waals surface area contributed by atoms with Gasteiger partial charge in [-0.15, -0.1) is 0 Å². The van der Waals surface area contributed by atoms with Crippen LogP contribution in [0.25, 0.3) is 0 Å². The Hall–Kier alpha value is -1.55. The number of methoxy groups -OCH3 is 1. The fourth-order valence-electron chi connectivity index (χ4n) is 2.75. The number of rotatable bonds is 2. The molecule has 1 N–H and O–H groups in total. The molecule has 0 spiro atoms. The van der Waals surface area contributed by atoms with Crippen molar-refractivity contribution in [2.45, 2.75) is 33.1 Å². The van der Waals surface area contributed by atoms with Crippen LogP contribution in [0.15, 0.2) is 12.1 Å². The fourth-order valence-corrected chi connectivity index (χ4v) is 2.75. The number of nitrogens with zero attached hydrogens (tertiary/aromatic N) is 1. The molecule has 0 saturated carbocycles. The second-order valence-corrected chi connectivity index (χ2v) is 6.69. The van der Waals surface area contributed by atoms with Crippen LogP contribution >= 0.6 is 0 Å². The minimum Gasteiger partial charge on any atom is -0.496 e. The van der Waals surface area contributed by atoms with Gasteiger partial charge in [-0.1, -0.05) is 26.8 Å². The van der Waals surface area contributed by atoms with Gasteiger partial charge in [-0.2, -0.15) is 0 Å². The van der Waals surface area contributed by atoms with E-state index < -0.39 is 0 Å². The lowest BCUT2D eigenvalue weighted by atomic mass is 9.84. The fraction of sp³-hybridized carbons (Fsp3) is 0.588. The number of carbonyl (C=O) groups is 1. The van der Waals surface area contributed by atoms with Gasteiger partial charge < -0.3 is 15.0 Å². The van der Waals surface area contributed by atoms with E-state index in [9.17, 15) is 4.79 Å². The summed E-state index contributed by atoms with van der Waals surface area (Å²) >= 11 is 0. The highest BCUT2D eigenvalue weighted by molar-refractivity contribution is 5.98. The third kappa shape index (κ3) is 3.38. The second kappa shape index (κ2) is 6.06. The summed E-state index contributed by atoms with van der Waals surface area (Å²) in [7, 11) is 1.65. The van der Waals surface area contributed by atoms with Crippen LogP contribution in [-0.2, 0) is 5.41 Å². The Morgan fingerprint density at radius 1 is 1.24 bits per heavy atom. The van der Waals surface area contributed by atoms with Crippen LogP contribution < -0.4 is 10.1 Å². The number of nitrogens with one attached hydrogen (secondary N) is 1. The Morgan fingerprint density at radius 3 is 2.38 bits per heavy atom. The molecule has 4 heteroatoms. The van der Waals surface area contributed by atoms with Crippen molar-refractivity contribution in [2.75, 3.05) is 33.3 Å². The topological polar surface area (TPSA) is 41.6 Å². The smallest absolute Gasteiger partial charge is 0.257 e. The molecule has 116 valence electrons. The highest BCUT2D eigenvalue weighted by Gasteiger charge is 2.27. The van der Waals surface area contributed by atoms with Gasteiger partial charge in [0.25, 0.3) is 5.91 Å². The predicted octanol–water partition coefficient (Wildman–Crippen LogP) is 2.35. The first-order valence-electron chi connectivity index (χ1n) is 7.53. The summed E-state index contributed by atoms with van der Waals surface area (Å²) in [5.74, 6) is 0.791. The number of amides is 1. The molecular weight excluding hydrogens is 264 g/mol. The summed E-state index contributed by atoms with van der Waals surface area (Å²) < 4.78 is 5.61. The van der Waals surface area contributed by atoms with Crippen molar-refractivity contribution in [3.05, 3.63) is 28.8 Å². The van der Waals surface area contributed by atoms with E-state index in [0.29, 0.717) is 5.56 Å². The average Bonchev–Trinajstić information content (AvgIpc) is 2.45. The monoisotopic (exact) mass is 290 g/mol. The largest absolute Gasteiger partial charge is 0.496 e. The van der Waals surface area contributed by atoms with Crippen LogP contribution in [0.3, 0.4) is 0 Å². The molecule has 1 saturated heterocycles. The minimum atomic E-state index is -0.0597. The van der Waals surface area contributed by atoms with E-state index in [4.69, 9.17) is 4.74 Å². The molecule has 1 fully saturated rings. The van der Waals surface area contributed by atoms with Crippen LogP contribution in [-0.4, -0.2) is 44.1 Å². The predicted molar refractivity (Wildman–Crippen MR) is 85.2 cm³/mol. The van der Waals surface area contributed by atoms with Crippen molar-refractivity contribution in [3.63, 3.8) is 0 Å². The molecular formula is C17H26N2O2. The van der Waals surface area contributed by atoms with Crippen LogP contribution in [0.4, 0.5) is 0 Å². The molecule has 1 aliphatic rings. The number of piperazine rings is 1. The quantitative estimate of drug-likeness (QED) is 0.909. The Bertz CT molecular complexity index is 526. The SMILES string of the molecule is COc1c(C(=O)N2CCNCC2)cc(C)cc1C(C)(C)C. The number of carbonyl (C=O) groups excluding carboxylic acids is 1. The normalized spacial score (nSPS) is 16.0. The van der Waals surface area contributed by atoms with E-state index in [-0.39, 0.29) is 11.3 Å². The zero-order chi connectivity index (χ0) is 15.6. The van der Waals surface area contributed by atoms with E-state index in [1.807, 2.05) is 17.9 Å². The molecule has 2 rings (SSSR count). The molecule has 4 nitrogen and oxygen atoms in total. The van der Waals surface area contributed by atoms with E-state index in [0.717, 1.165) is 43.1 Å². The van der Waals surface area contributed by atoms with Gasteiger partial charge >= 0.3 is 0 Å². The first-order valence-corrected chi connectivity index (χ1v) is 7.53. The molecule has 1 aromatic rings. The van der Waals surface area contributed by atoms with Gasteiger partial charge in [-0.25, -0.2) is 0 Å². The van der Waals surface area contributed by atoms with Gasteiger partial charge in [0.1, 0.15) is 5.75 Å². The Balaban J connectivity index is 2.47. The average molecular weight is 290 g/mol. The third-order valence-electron chi connectivity index (χ3n) is 3.88. The van der Waals surface area contributed by atoms with Crippen molar-refractivity contribution in [2.24, 2.45) is 0 Å². The molecule has 1 heterocycles. The Morgan fingerprint density at radius 2 is 1.86 bits per heavy atom. The van der Waals surface area contributed by atoms with Crippen molar-refractivity contribution >= 4 is 5.91 Å². The summed E-state index contributed by atoms with van der Waals surface area (Å²) in [6.07, 6.45) is 0. The number of hydrogen-bond donors (Lipinski definition) is 1. The molecule has 21 heavy (non-hydrogen) atoms. The van der Waals surface area contributed by atoms with Gasteiger partial charge in [0.2, 0.25) is 0 Å². The van der Waals surface area contributed by atoms with Gasteiger partial charge in [-0.05, 0) is 24.0 Å². The first-order chi connectivity index (χ1) is 9.84. The van der Waals surface area contributed by atoms with E-state index in [2.05, 4.69) is 32.2 Å². The van der Waals surface area contributed by atoms with Crippen LogP contribution in [0, 0.1) is 6.92 Å². The maximum absolute atomic E-state index is 12.8. The lowest BCUT2D eigenvalue weighted by Crippen LogP contribution is -2.46. The second-order valence-electron chi connectivity index (χ2n) is 6.69. The summed E-state index contributed by atoms with van der Waals surface area (Å²) in [5, 5.41) is 3.27. The van der Waals surface area contributed by atoms with E-state index in [1.165, 1.54) is 0 Å². The summed E-state index contributed by atoms with van der Waals surface area (Å²) in [5.41, 5.74) is 2.81. The van der Waals surface area contributed by atoms with Gasteiger partial charge in [0.05, 0.1) is 12.7 Å². The van der Waals surface area contributed by atoms with Crippen molar-refractivity contribution in [1.82, 2.24) is 10.2 Å². The van der Waals surface area contributed by atoms with E-state index in [1.54, 1.807) is 7.11 Å². The molecule has 0 atom stereocenters. The summed E-state index contributed by atoms with van der Waals surface area (Å²) in [6, 6.07) is 4.06. The van der Waals surface area contributed by atoms with E-state index >= 15 is 0 Å². The number of benzene rings is 1. The molecule has 1 amide bonds. The molecule has 0 radical (unpaired) electrons. The van der Waals surface area contributed by atoms with Crippen LogP contribution in [0.1, 0.15) is 42.3 Å². The number of hydrogen-bond acceptors (Lipinski definition) is 3. The molecule has 0 aliphatic carbocycles. The summed E-state index contributed by atoms with van der Waals surface area (Å²) in [6.45, 7) is 11.7. The van der Waals surface area contributed by atoms with Gasteiger partial charge in [0, 0.05) is 31.7 Å². The first kappa shape index (κ1) is 15.8. The van der Waals surface area contributed by atoms with Gasteiger partial charge in [0.15, 0.2) is 0 Å². The van der Waals surface area contributed by atoms with Crippen molar-refractivity contribution < 1.29 is 9.53 Å². The highest BCUT2D eigenvalue weighted by atomic mass is 16.5. The van der Waals surface area contributed by atoms with Crippen LogP contribution in [0.2, 0.25) is 0 Å². The lowest BCUT2D eigenvalue weighted by Gasteiger charge is -2.30. The molecule has 0 unspecified atom stereocenters. The third-order valence-corrected chi connectivity index (χ3v) is 3.88.